The van der Waals surface area contributed by atoms with Gasteiger partial charge in [-0.15, -0.1) is 0 Å². The van der Waals surface area contributed by atoms with Gasteiger partial charge in [-0.2, -0.15) is 0 Å². The van der Waals surface area contributed by atoms with Crippen LogP contribution in [-0.2, 0) is 14.8 Å². The Morgan fingerprint density at radius 1 is 1.12 bits per heavy atom. The van der Waals surface area contributed by atoms with Crippen molar-refractivity contribution in [1.29, 1.82) is 0 Å². The largest absolute Gasteiger partial charge is 0.480 e. The number of carboxylic acids is 1. The lowest BCUT2D eigenvalue weighted by atomic mass is 9.99. The van der Waals surface area contributed by atoms with E-state index in [2.05, 4.69) is 10.0 Å². The molecule has 8 heteroatoms. The van der Waals surface area contributed by atoms with Crippen molar-refractivity contribution in [3.05, 3.63) is 29.8 Å². The molecule has 0 aliphatic heterocycles. The van der Waals surface area contributed by atoms with Crippen LogP contribution in [-0.4, -0.2) is 38.0 Å². The van der Waals surface area contributed by atoms with Gasteiger partial charge in [0, 0.05) is 12.1 Å². The minimum Gasteiger partial charge on any atom is -0.480 e. The van der Waals surface area contributed by atoms with Crippen molar-refractivity contribution in [3.8, 4) is 0 Å². The number of carbonyl (C=O) groups excluding carboxylic acids is 1. The lowest BCUT2D eigenvalue weighted by Crippen LogP contribution is -2.45. The summed E-state index contributed by atoms with van der Waals surface area (Å²) in [6, 6.07) is 4.41. The van der Waals surface area contributed by atoms with E-state index in [1.165, 1.54) is 24.3 Å². The standard InChI is InChI=1S/C17H26N2O5S/c1-5-12(4)15(17(21)22)19-16(20)13-6-8-14(9-7-13)25(23,24)18-10-11(2)3/h6-9,11-12,15,18H,5,10H2,1-4H3,(H,19,20)(H,21,22). The van der Waals surface area contributed by atoms with Gasteiger partial charge in [-0.05, 0) is 36.1 Å². The maximum absolute atomic E-state index is 12.2. The molecule has 0 fully saturated rings. The maximum atomic E-state index is 12.2. The zero-order chi connectivity index (χ0) is 19.2. The van der Waals surface area contributed by atoms with E-state index in [1.807, 2.05) is 20.8 Å². The number of aliphatic carboxylic acids is 1. The molecule has 25 heavy (non-hydrogen) atoms. The van der Waals surface area contributed by atoms with Crippen molar-refractivity contribution >= 4 is 21.9 Å². The molecule has 1 amide bonds. The lowest BCUT2D eigenvalue weighted by molar-refractivity contribution is -0.140. The molecule has 1 aromatic rings. The predicted molar refractivity (Wildman–Crippen MR) is 94.8 cm³/mol. The average Bonchev–Trinajstić information content (AvgIpc) is 2.57. The zero-order valence-electron chi connectivity index (χ0n) is 14.9. The molecule has 0 heterocycles. The van der Waals surface area contributed by atoms with E-state index in [0.29, 0.717) is 13.0 Å². The Morgan fingerprint density at radius 3 is 2.12 bits per heavy atom. The number of carboxylic acid groups (broad SMARTS) is 1. The number of hydrogen-bond donors (Lipinski definition) is 3. The van der Waals surface area contributed by atoms with Gasteiger partial charge in [-0.3, -0.25) is 4.79 Å². The molecule has 1 aromatic carbocycles. The first kappa shape index (κ1) is 21.1. The van der Waals surface area contributed by atoms with Gasteiger partial charge in [0.1, 0.15) is 6.04 Å². The van der Waals surface area contributed by atoms with Gasteiger partial charge in [-0.1, -0.05) is 34.1 Å². The summed E-state index contributed by atoms with van der Waals surface area (Å²) in [4.78, 5) is 23.6. The molecule has 3 N–H and O–H groups in total. The second-order valence-electron chi connectivity index (χ2n) is 6.45. The summed E-state index contributed by atoms with van der Waals surface area (Å²) in [5, 5.41) is 11.7. The number of nitrogens with one attached hydrogen (secondary N) is 2. The first-order valence-electron chi connectivity index (χ1n) is 8.21. The fourth-order valence-corrected chi connectivity index (χ4v) is 3.27. The van der Waals surface area contributed by atoms with Gasteiger partial charge in [0.15, 0.2) is 0 Å². The highest BCUT2D eigenvalue weighted by Gasteiger charge is 2.26. The summed E-state index contributed by atoms with van der Waals surface area (Å²) in [5.41, 5.74) is 0.206. The number of sulfonamides is 1. The third-order valence-corrected chi connectivity index (χ3v) is 5.31. The van der Waals surface area contributed by atoms with Crippen molar-refractivity contribution in [2.24, 2.45) is 11.8 Å². The minimum absolute atomic E-state index is 0.0569. The second-order valence-corrected chi connectivity index (χ2v) is 8.21. The summed E-state index contributed by atoms with van der Waals surface area (Å²) in [6.07, 6.45) is 0.607. The number of hydrogen-bond acceptors (Lipinski definition) is 4. The lowest BCUT2D eigenvalue weighted by Gasteiger charge is -2.20. The van der Waals surface area contributed by atoms with Crippen LogP contribution < -0.4 is 10.0 Å². The molecule has 0 aliphatic rings. The SMILES string of the molecule is CCC(C)C(NC(=O)c1ccc(S(=O)(=O)NCC(C)C)cc1)C(=O)O. The fourth-order valence-electron chi connectivity index (χ4n) is 2.05. The van der Waals surface area contributed by atoms with Crippen LogP contribution in [0.3, 0.4) is 0 Å². The molecule has 0 saturated carbocycles. The summed E-state index contributed by atoms with van der Waals surface area (Å²) >= 11 is 0. The molecule has 2 unspecified atom stereocenters. The molecule has 140 valence electrons. The monoisotopic (exact) mass is 370 g/mol. The van der Waals surface area contributed by atoms with Crippen LogP contribution in [0.15, 0.2) is 29.2 Å². The fraction of sp³-hybridized carbons (Fsp3) is 0.529. The summed E-state index contributed by atoms with van der Waals surface area (Å²) in [5.74, 6) is -1.69. The van der Waals surface area contributed by atoms with E-state index in [0.717, 1.165) is 0 Å². The highest BCUT2D eigenvalue weighted by Crippen LogP contribution is 2.13. The first-order valence-corrected chi connectivity index (χ1v) is 9.70. The van der Waals surface area contributed by atoms with E-state index in [-0.39, 0.29) is 22.3 Å². The van der Waals surface area contributed by atoms with Gasteiger partial charge in [0.25, 0.3) is 5.91 Å². The van der Waals surface area contributed by atoms with Gasteiger partial charge < -0.3 is 10.4 Å². The van der Waals surface area contributed by atoms with E-state index in [9.17, 15) is 23.1 Å². The third kappa shape index (κ3) is 6.13. The van der Waals surface area contributed by atoms with Crippen molar-refractivity contribution in [1.82, 2.24) is 10.0 Å². The van der Waals surface area contributed by atoms with Gasteiger partial charge in [-0.25, -0.2) is 17.9 Å². The highest BCUT2D eigenvalue weighted by atomic mass is 32.2. The van der Waals surface area contributed by atoms with Crippen molar-refractivity contribution in [3.63, 3.8) is 0 Å². The van der Waals surface area contributed by atoms with E-state index in [4.69, 9.17) is 0 Å². The Bertz CT molecular complexity index is 698. The summed E-state index contributed by atoms with van der Waals surface area (Å²) in [6.45, 7) is 7.70. The predicted octanol–water partition coefficient (Wildman–Crippen LogP) is 1.85. The molecule has 0 bridgehead atoms. The summed E-state index contributed by atoms with van der Waals surface area (Å²) < 4.78 is 26.7. The molecular weight excluding hydrogens is 344 g/mol. The second kappa shape index (κ2) is 8.96. The molecule has 2 atom stereocenters. The Hall–Kier alpha value is -1.93. The Labute approximate surface area is 148 Å². The number of carbonyl (C=O) groups is 2. The Morgan fingerprint density at radius 2 is 1.68 bits per heavy atom. The number of amides is 1. The third-order valence-electron chi connectivity index (χ3n) is 3.87. The number of benzene rings is 1. The van der Waals surface area contributed by atoms with Crippen LogP contribution in [0, 0.1) is 11.8 Å². The smallest absolute Gasteiger partial charge is 0.326 e. The van der Waals surface area contributed by atoms with Crippen molar-refractivity contribution in [2.45, 2.75) is 45.1 Å². The van der Waals surface area contributed by atoms with Crippen LogP contribution >= 0.6 is 0 Å². The molecule has 0 radical (unpaired) electrons. The average molecular weight is 370 g/mol. The quantitative estimate of drug-likeness (QED) is 0.614. The Kier molecular flexibility index (Phi) is 7.57. The summed E-state index contributed by atoms with van der Waals surface area (Å²) in [7, 11) is -3.63. The van der Waals surface area contributed by atoms with Gasteiger partial charge >= 0.3 is 5.97 Å². The van der Waals surface area contributed by atoms with Gasteiger partial charge in [0.05, 0.1) is 4.90 Å². The van der Waals surface area contributed by atoms with Crippen LogP contribution in [0.4, 0.5) is 0 Å². The maximum Gasteiger partial charge on any atom is 0.326 e. The Balaban J connectivity index is 2.88. The molecule has 1 rings (SSSR count). The molecule has 7 nitrogen and oxygen atoms in total. The van der Waals surface area contributed by atoms with Crippen LogP contribution in [0.2, 0.25) is 0 Å². The normalized spacial score (nSPS) is 14.1. The molecule has 0 aliphatic carbocycles. The van der Waals surface area contributed by atoms with Crippen LogP contribution in [0.5, 0.6) is 0 Å². The molecule has 0 aromatic heterocycles. The van der Waals surface area contributed by atoms with Crippen molar-refractivity contribution in [2.75, 3.05) is 6.54 Å². The topological polar surface area (TPSA) is 113 Å². The molecular formula is C17H26N2O5S. The highest BCUT2D eigenvalue weighted by molar-refractivity contribution is 7.89. The van der Waals surface area contributed by atoms with E-state index in [1.54, 1.807) is 6.92 Å². The van der Waals surface area contributed by atoms with E-state index < -0.39 is 27.9 Å². The molecule has 0 saturated heterocycles. The van der Waals surface area contributed by atoms with Crippen molar-refractivity contribution < 1.29 is 23.1 Å². The first-order chi connectivity index (χ1) is 11.6. The van der Waals surface area contributed by atoms with Gasteiger partial charge in [0.2, 0.25) is 10.0 Å². The number of rotatable bonds is 9. The zero-order valence-corrected chi connectivity index (χ0v) is 15.8. The minimum atomic E-state index is -3.63. The molecule has 0 spiro atoms. The van der Waals surface area contributed by atoms with Crippen LogP contribution in [0.1, 0.15) is 44.5 Å². The van der Waals surface area contributed by atoms with Crippen LogP contribution in [0.25, 0.3) is 0 Å². The van der Waals surface area contributed by atoms with E-state index >= 15 is 0 Å².